The van der Waals surface area contributed by atoms with Gasteiger partial charge >= 0.3 is 0 Å². The Balaban J connectivity index is 2.30. The van der Waals surface area contributed by atoms with Gasteiger partial charge in [-0.25, -0.2) is 17.6 Å². The van der Waals surface area contributed by atoms with Crippen LogP contribution in [0.2, 0.25) is 0 Å². The van der Waals surface area contributed by atoms with E-state index >= 15 is 0 Å². The van der Waals surface area contributed by atoms with Crippen LogP contribution in [0.15, 0.2) is 30.3 Å². The first-order valence-electron chi connectivity index (χ1n) is 6.05. The highest BCUT2D eigenvalue weighted by Gasteiger charge is 2.15. The number of hydrogen-bond donors (Lipinski definition) is 1. The maximum Gasteiger partial charge on any atom is 0.146 e. The Kier molecular flexibility index (Phi) is 3.97. The molecule has 0 aliphatic rings. The van der Waals surface area contributed by atoms with Gasteiger partial charge in [0.25, 0.3) is 0 Å². The van der Waals surface area contributed by atoms with Crippen molar-refractivity contribution in [2.75, 3.05) is 5.32 Å². The van der Waals surface area contributed by atoms with Crippen LogP contribution in [-0.2, 0) is 0 Å². The van der Waals surface area contributed by atoms with Gasteiger partial charge in [0.2, 0.25) is 0 Å². The molecule has 1 N–H and O–H groups in total. The third-order valence-electron chi connectivity index (χ3n) is 3.04. The molecule has 5 heteroatoms. The molecular weight excluding hydrogens is 270 g/mol. The van der Waals surface area contributed by atoms with Gasteiger partial charge in [-0.3, -0.25) is 0 Å². The summed E-state index contributed by atoms with van der Waals surface area (Å²) in [5.41, 5.74) is 0.132. The molecule has 2 rings (SSSR count). The molecule has 0 aliphatic carbocycles. The molecule has 0 amide bonds. The van der Waals surface area contributed by atoms with E-state index in [0.717, 1.165) is 30.3 Å². The van der Waals surface area contributed by atoms with Crippen LogP contribution in [0.5, 0.6) is 0 Å². The lowest BCUT2D eigenvalue weighted by molar-refractivity contribution is 0.573. The lowest BCUT2D eigenvalue weighted by Gasteiger charge is -2.17. The molecule has 2 aromatic carbocycles. The molecule has 106 valence electrons. The van der Waals surface area contributed by atoms with Crippen molar-refractivity contribution in [3.05, 3.63) is 64.7 Å². The molecule has 1 unspecified atom stereocenters. The zero-order valence-electron chi connectivity index (χ0n) is 11.0. The molecule has 1 atom stereocenters. The van der Waals surface area contributed by atoms with Gasteiger partial charge in [-0.05, 0) is 43.7 Å². The summed E-state index contributed by atoms with van der Waals surface area (Å²) >= 11 is 0. The van der Waals surface area contributed by atoms with E-state index in [1.807, 2.05) is 0 Å². The maximum absolute atomic E-state index is 13.7. The van der Waals surface area contributed by atoms with Gasteiger partial charge in [0.05, 0.1) is 11.7 Å². The number of hydrogen-bond acceptors (Lipinski definition) is 1. The second-order valence-corrected chi connectivity index (χ2v) is 4.61. The van der Waals surface area contributed by atoms with Crippen LogP contribution in [0, 0.1) is 30.2 Å². The quantitative estimate of drug-likeness (QED) is 0.803. The second kappa shape index (κ2) is 5.53. The number of halogens is 4. The van der Waals surface area contributed by atoms with E-state index < -0.39 is 29.3 Å². The van der Waals surface area contributed by atoms with E-state index in [-0.39, 0.29) is 16.8 Å². The summed E-state index contributed by atoms with van der Waals surface area (Å²) in [7, 11) is 0. The van der Waals surface area contributed by atoms with Gasteiger partial charge in [0.1, 0.15) is 23.3 Å². The lowest BCUT2D eigenvalue weighted by atomic mass is 10.1. The van der Waals surface area contributed by atoms with Gasteiger partial charge in [0.15, 0.2) is 0 Å². The number of nitrogens with one attached hydrogen (secondary N) is 1. The Morgan fingerprint density at radius 2 is 1.60 bits per heavy atom. The fourth-order valence-corrected chi connectivity index (χ4v) is 1.91. The average Bonchev–Trinajstić information content (AvgIpc) is 2.38. The van der Waals surface area contributed by atoms with Gasteiger partial charge < -0.3 is 5.32 Å². The van der Waals surface area contributed by atoms with Crippen molar-refractivity contribution in [1.82, 2.24) is 0 Å². The molecule has 0 aliphatic heterocycles. The zero-order valence-corrected chi connectivity index (χ0v) is 11.0. The highest BCUT2D eigenvalue weighted by molar-refractivity contribution is 5.48. The van der Waals surface area contributed by atoms with Crippen LogP contribution in [0.25, 0.3) is 0 Å². The molecule has 0 saturated heterocycles. The van der Waals surface area contributed by atoms with Crippen molar-refractivity contribution in [3.8, 4) is 0 Å². The van der Waals surface area contributed by atoms with Gasteiger partial charge in [-0.15, -0.1) is 0 Å². The Labute approximate surface area is 114 Å². The molecule has 0 bridgehead atoms. The van der Waals surface area contributed by atoms with Gasteiger partial charge in [0, 0.05) is 11.6 Å². The molecular formula is C15H13F4N. The lowest BCUT2D eigenvalue weighted by Crippen LogP contribution is -2.10. The van der Waals surface area contributed by atoms with Crippen molar-refractivity contribution in [2.24, 2.45) is 0 Å². The summed E-state index contributed by atoms with van der Waals surface area (Å²) in [4.78, 5) is 0. The van der Waals surface area contributed by atoms with Crippen LogP contribution < -0.4 is 5.32 Å². The zero-order chi connectivity index (χ0) is 14.9. The Morgan fingerprint density at radius 3 is 2.30 bits per heavy atom. The third kappa shape index (κ3) is 2.92. The molecule has 0 spiro atoms. The Morgan fingerprint density at radius 1 is 0.900 bits per heavy atom. The van der Waals surface area contributed by atoms with E-state index in [4.69, 9.17) is 0 Å². The molecule has 20 heavy (non-hydrogen) atoms. The highest BCUT2D eigenvalue weighted by atomic mass is 19.1. The van der Waals surface area contributed by atoms with Crippen molar-refractivity contribution >= 4 is 5.69 Å². The van der Waals surface area contributed by atoms with Crippen LogP contribution in [0.3, 0.4) is 0 Å². The van der Waals surface area contributed by atoms with Crippen molar-refractivity contribution in [2.45, 2.75) is 19.9 Å². The van der Waals surface area contributed by atoms with Gasteiger partial charge in [-0.1, -0.05) is 0 Å². The normalized spacial score (nSPS) is 12.3. The first-order valence-corrected chi connectivity index (χ1v) is 6.05. The third-order valence-corrected chi connectivity index (χ3v) is 3.04. The number of anilines is 1. The SMILES string of the molecule is Cc1cc(F)c(NC(C)c2cc(F)ccc2F)cc1F. The minimum atomic E-state index is -0.706. The van der Waals surface area contributed by atoms with E-state index in [9.17, 15) is 17.6 Å². The van der Waals surface area contributed by atoms with Gasteiger partial charge in [-0.2, -0.15) is 0 Å². The minimum Gasteiger partial charge on any atom is -0.376 e. The smallest absolute Gasteiger partial charge is 0.146 e. The standard InChI is InChI=1S/C15H13F4N/c1-8-5-14(19)15(7-13(8)18)20-9(2)11-6-10(16)3-4-12(11)17/h3-7,9,20H,1-2H3. The van der Waals surface area contributed by atoms with Crippen molar-refractivity contribution < 1.29 is 17.6 Å². The molecule has 0 heterocycles. The maximum atomic E-state index is 13.7. The molecule has 0 saturated carbocycles. The number of benzene rings is 2. The highest BCUT2D eigenvalue weighted by Crippen LogP contribution is 2.26. The summed E-state index contributed by atoms with van der Waals surface area (Å²) in [5.74, 6) is -2.42. The molecule has 0 fully saturated rings. The second-order valence-electron chi connectivity index (χ2n) is 4.61. The molecule has 1 nitrogen and oxygen atoms in total. The van der Waals surface area contributed by atoms with E-state index in [2.05, 4.69) is 5.32 Å². The number of aryl methyl sites for hydroxylation is 1. The van der Waals surface area contributed by atoms with E-state index in [1.54, 1.807) is 0 Å². The van der Waals surface area contributed by atoms with Crippen molar-refractivity contribution in [1.29, 1.82) is 0 Å². The first-order chi connectivity index (χ1) is 9.38. The largest absolute Gasteiger partial charge is 0.376 e. The fraction of sp³-hybridized carbons (Fsp3) is 0.200. The molecule has 0 radical (unpaired) electrons. The predicted octanol–water partition coefficient (Wildman–Crippen LogP) is 4.72. The van der Waals surface area contributed by atoms with Crippen LogP contribution >= 0.6 is 0 Å². The van der Waals surface area contributed by atoms with Crippen LogP contribution in [0.4, 0.5) is 23.2 Å². The first kappa shape index (κ1) is 14.4. The summed E-state index contributed by atoms with van der Waals surface area (Å²) in [5, 5.41) is 2.64. The summed E-state index contributed by atoms with van der Waals surface area (Å²) in [6, 6.07) is 4.36. The monoisotopic (exact) mass is 283 g/mol. The Hall–Kier alpha value is -2.04. The average molecular weight is 283 g/mol. The van der Waals surface area contributed by atoms with Crippen LogP contribution in [0.1, 0.15) is 24.1 Å². The molecule has 2 aromatic rings. The minimum absolute atomic E-state index is 0.0467. The summed E-state index contributed by atoms with van der Waals surface area (Å²) < 4.78 is 53.8. The summed E-state index contributed by atoms with van der Waals surface area (Å²) in [6.45, 7) is 2.98. The fourth-order valence-electron chi connectivity index (χ4n) is 1.91. The number of rotatable bonds is 3. The van der Waals surface area contributed by atoms with Crippen LogP contribution in [-0.4, -0.2) is 0 Å². The Bertz CT molecular complexity index is 640. The predicted molar refractivity (Wildman–Crippen MR) is 69.5 cm³/mol. The summed E-state index contributed by atoms with van der Waals surface area (Å²) in [6.07, 6.45) is 0. The van der Waals surface area contributed by atoms with E-state index in [1.165, 1.54) is 13.8 Å². The topological polar surface area (TPSA) is 12.0 Å². The molecule has 0 aromatic heterocycles. The van der Waals surface area contributed by atoms with E-state index in [0.29, 0.717) is 0 Å². The van der Waals surface area contributed by atoms with Crippen molar-refractivity contribution in [3.63, 3.8) is 0 Å².